The third-order valence-corrected chi connectivity index (χ3v) is 2.78. The lowest BCUT2D eigenvalue weighted by atomic mass is 10.1. The predicted molar refractivity (Wildman–Crippen MR) is 57.9 cm³/mol. The monoisotopic (exact) mass is 195 g/mol. The molecule has 14 heavy (non-hydrogen) atoms. The van der Waals surface area contributed by atoms with E-state index in [4.69, 9.17) is 5.26 Å². The lowest BCUT2D eigenvalue weighted by molar-refractivity contribution is 0.139. The van der Waals surface area contributed by atoms with Gasteiger partial charge in [0.2, 0.25) is 0 Å². The van der Waals surface area contributed by atoms with E-state index >= 15 is 0 Å². The van der Waals surface area contributed by atoms with E-state index in [0.29, 0.717) is 6.54 Å². The predicted octanol–water partition coefficient (Wildman–Crippen LogP) is 1.17. The summed E-state index contributed by atoms with van der Waals surface area (Å²) in [5.74, 6) is 0.798. The average Bonchev–Trinajstić information content (AvgIpc) is 2.17. The number of piperazine rings is 1. The zero-order valence-electron chi connectivity index (χ0n) is 9.37. The van der Waals surface area contributed by atoms with Gasteiger partial charge in [-0.25, -0.2) is 0 Å². The average molecular weight is 195 g/mol. The second-order valence-electron chi connectivity index (χ2n) is 4.46. The van der Waals surface area contributed by atoms with E-state index in [1.54, 1.807) is 0 Å². The fraction of sp³-hybridized carbons (Fsp3) is 0.909. The summed E-state index contributed by atoms with van der Waals surface area (Å²) in [6.07, 6.45) is 1.29. The minimum absolute atomic E-state index is 0.595. The largest absolute Gasteiger partial charge is 0.301 e. The smallest absolute Gasteiger partial charge is 0.0866 e. The van der Waals surface area contributed by atoms with Crippen LogP contribution in [-0.2, 0) is 0 Å². The number of nitrogens with zero attached hydrogens (tertiary/aromatic N) is 3. The normalized spacial score (nSPS) is 19.9. The van der Waals surface area contributed by atoms with Crippen molar-refractivity contribution in [3.05, 3.63) is 0 Å². The van der Waals surface area contributed by atoms with Crippen molar-refractivity contribution >= 4 is 0 Å². The molecule has 1 fully saturated rings. The summed E-state index contributed by atoms with van der Waals surface area (Å²) in [5.41, 5.74) is 0. The number of hydrogen-bond donors (Lipinski definition) is 0. The van der Waals surface area contributed by atoms with Gasteiger partial charge < -0.3 is 4.90 Å². The summed E-state index contributed by atoms with van der Waals surface area (Å²) in [7, 11) is 0. The molecule has 1 saturated heterocycles. The first kappa shape index (κ1) is 11.5. The molecule has 80 valence electrons. The summed E-state index contributed by atoms with van der Waals surface area (Å²) >= 11 is 0. The van der Waals surface area contributed by atoms with Gasteiger partial charge in [0.15, 0.2) is 0 Å². The lowest BCUT2D eigenvalue weighted by Gasteiger charge is -2.33. The fourth-order valence-corrected chi connectivity index (χ4v) is 1.71. The Morgan fingerprint density at radius 2 is 1.71 bits per heavy atom. The quantitative estimate of drug-likeness (QED) is 0.631. The van der Waals surface area contributed by atoms with Crippen LogP contribution in [0.5, 0.6) is 0 Å². The molecule has 0 radical (unpaired) electrons. The summed E-state index contributed by atoms with van der Waals surface area (Å²) in [6, 6.07) is 2.21. The molecule has 0 bridgehead atoms. The van der Waals surface area contributed by atoms with Crippen LogP contribution in [-0.4, -0.2) is 49.1 Å². The number of nitriles is 1. The first-order valence-corrected chi connectivity index (χ1v) is 5.54. The Kier molecular flexibility index (Phi) is 4.92. The second-order valence-corrected chi connectivity index (χ2v) is 4.46. The molecule has 0 saturated carbocycles. The summed E-state index contributed by atoms with van der Waals surface area (Å²) in [6.45, 7) is 10.7. The summed E-state index contributed by atoms with van der Waals surface area (Å²) in [5, 5.41) is 8.56. The van der Waals surface area contributed by atoms with Gasteiger partial charge in [-0.3, -0.25) is 4.90 Å². The Bertz CT molecular complexity index is 187. The maximum Gasteiger partial charge on any atom is 0.0866 e. The topological polar surface area (TPSA) is 30.3 Å². The van der Waals surface area contributed by atoms with Crippen molar-refractivity contribution < 1.29 is 0 Å². The summed E-state index contributed by atoms with van der Waals surface area (Å²) < 4.78 is 0. The highest BCUT2D eigenvalue weighted by molar-refractivity contribution is 4.80. The highest BCUT2D eigenvalue weighted by atomic mass is 15.3. The maximum absolute atomic E-state index is 8.56. The Labute approximate surface area is 87.3 Å². The van der Waals surface area contributed by atoms with Crippen molar-refractivity contribution in [3.63, 3.8) is 0 Å². The Morgan fingerprint density at radius 3 is 2.21 bits per heavy atom. The molecule has 0 N–H and O–H groups in total. The maximum atomic E-state index is 8.56. The molecule has 0 aromatic heterocycles. The molecule has 0 unspecified atom stereocenters. The molecule has 1 aliphatic heterocycles. The van der Waals surface area contributed by atoms with E-state index in [2.05, 4.69) is 29.7 Å². The Hall–Kier alpha value is -0.590. The third kappa shape index (κ3) is 4.08. The summed E-state index contributed by atoms with van der Waals surface area (Å²) in [4.78, 5) is 4.74. The van der Waals surface area contributed by atoms with E-state index in [-0.39, 0.29) is 0 Å². The van der Waals surface area contributed by atoms with Crippen LogP contribution in [0.15, 0.2) is 0 Å². The first-order chi connectivity index (χ1) is 6.72. The SMILES string of the molecule is CC(C)CCN1CCN(CC#N)CC1. The van der Waals surface area contributed by atoms with Crippen molar-refractivity contribution in [2.24, 2.45) is 5.92 Å². The minimum atomic E-state index is 0.595. The first-order valence-electron chi connectivity index (χ1n) is 5.54. The Morgan fingerprint density at radius 1 is 1.14 bits per heavy atom. The number of rotatable bonds is 4. The van der Waals surface area contributed by atoms with Crippen molar-refractivity contribution in [2.75, 3.05) is 39.3 Å². The molecule has 0 amide bonds. The van der Waals surface area contributed by atoms with Gasteiger partial charge in [0.05, 0.1) is 12.6 Å². The molecule has 0 spiro atoms. The van der Waals surface area contributed by atoms with E-state index in [9.17, 15) is 0 Å². The molecule has 1 heterocycles. The van der Waals surface area contributed by atoms with Crippen molar-refractivity contribution in [1.29, 1.82) is 5.26 Å². The van der Waals surface area contributed by atoms with Crippen LogP contribution in [0.25, 0.3) is 0 Å². The van der Waals surface area contributed by atoms with E-state index in [1.165, 1.54) is 13.0 Å². The van der Waals surface area contributed by atoms with Gasteiger partial charge in [-0.1, -0.05) is 13.8 Å². The molecule has 3 heteroatoms. The van der Waals surface area contributed by atoms with Crippen molar-refractivity contribution in [2.45, 2.75) is 20.3 Å². The van der Waals surface area contributed by atoms with Crippen LogP contribution in [0.3, 0.4) is 0 Å². The highest BCUT2D eigenvalue weighted by Crippen LogP contribution is 2.05. The van der Waals surface area contributed by atoms with Crippen LogP contribution < -0.4 is 0 Å². The van der Waals surface area contributed by atoms with Gasteiger partial charge in [-0.2, -0.15) is 5.26 Å². The molecular formula is C11H21N3. The van der Waals surface area contributed by atoms with Crippen LogP contribution in [0.4, 0.5) is 0 Å². The van der Waals surface area contributed by atoms with E-state index in [1.807, 2.05) is 0 Å². The molecule has 0 aromatic carbocycles. The van der Waals surface area contributed by atoms with Gasteiger partial charge >= 0.3 is 0 Å². The lowest BCUT2D eigenvalue weighted by Crippen LogP contribution is -2.46. The van der Waals surface area contributed by atoms with Gasteiger partial charge in [-0.05, 0) is 18.9 Å². The van der Waals surface area contributed by atoms with Crippen molar-refractivity contribution in [1.82, 2.24) is 9.80 Å². The molecule has 3 nitrogen and oxygen atoms in total. The zero-order valence-corrected chi connectivity index (χ0v) is 9.37. The van der Waals surface area contributed by atoms with Crippen LogP contribution in [0.2, 0.25) is 0 Å². The van der Waals surface area contributed by atoms with Crippen LogP contribution in [0.1, 0.15) is 20.3 Å². The fourth-order valence-electron chi connectivity index (χ4n) is 1.71. The van der Waals surface area contributed by atoms with E-state index in [0.717, 1.165) is 32.1 Å². The van der Waals surface area contributed by atoms with E-state index < -0.39 is 0 Å². The molecule has 1 rings (SSSR count). The Balaban J connectivity index is 2.13. The minimum Gasteiger partial charge on any atom is -0.301 e. The molecule has 0 aliphatic carbocycles. The van der Waals surface area contributed by atoms with Gasteiger partial charge in [-0.15, -0.1) is 0 Å². The van der Waals surface area contributed by atoms with Gasteiger partial charge in [0.1, 0.15) is 0 Å². The molecule has 0 atom stereocenters. The number of hydrogen-bond acceptors (Lipinski definition) is 3. The van der Waals surface area contributed by atoms with Crippen LogP contribution in [0, 0.1) is 17.2 Å². The molecular weight excluding hydrogens is 174 g/mol. The van der Waals surface area contributed by atoms with Gasteiger partial charge in [0, 0.05) is 26.2 Å². The third-order valence-electron chi connectivity index (χ3n) is 2.78. The molecule has 0 aromatic rings. The van der Waals surface area contributed by atoms with Crippen LogP contribution >= 0.6 is 0 Å². The zero-order chi connectivity index (χ0) is 10.4. The van der Waals surface area contributed by atoms with Gasteiger partial charge in [0.25, 0.3) is 0 Å². The standard InChI is InChI=1S/C11H21N3/c1-11(2)3-5-13-7-9-14(6-4-12)10-8-13/h11H,3,5-10H2,1-2H3. The van der Waals surface area contributed by atoms with Crippen molar-refractivity contribution in [3.8, 4) is 6.07 Å². The second kappa shape index (κ2) is 6.00. The molecule has 1 aliphatic rings. The highest BCUT2D eigenvalue weighted by Gasteiger charge is 2.15.